The van der Waals surface area contributed by atoms with Crippen molar-refractivity contribution in [3.63, 3.8) is 0 Å². The Morgan fingerprint density at radius 1 is 1.17 bits per heavy atom. The van der Waals surface area contributed by atoms with E-state index in [9.17, 15) is 4.79 Å². The number of rotatable bonds is 9. The maximum atomic E-state index is 10.8. The zero-order valence-electron chi connectivity index (χ0n) is 11.9. The molecule has 0 radical (unpaired) electrons. The van der Waals surface area contributed by atoms with Crippen LogP contribution in [0.3, 0.4) is 0 Å². The van der Waals surface area contributed by atoms with Gasteiger partial charge in [-0.15, -0.1) is 0 Å². The minimum atomic E-state index is -0.332. The minimum Gasteiger partial charge on any atom is -0.366 e. The number of nitrogens with zero attached hydrogens (tertiary/aromatic N) is 1. The molecule has 0 aromatic carbocycles. The number of allylic oxidation sites excluding steroid dienone is 3. The van der Waals surface area contributed by atoms with Gasteiger partial charge in [0.15, 0.2) is 0 Å². The van der Waals surface area contributed by atoms with Gasteiger partial charge in [0, 0.05) is 18.7 Å². The largest absolute Gasteiger partial charge is 0.366 e. The van der Waals surface area contributed by atoms with Crippen molar-refractivity contribution in [3.05, 3.63) is 36.0 Å². The maximum absolute atomic E-state index is 10.8. The Morgan fingerprint density at radius 3 is 2.44 bits per heavy atom. The van der Waals surface area contributed by atoms with Crippen molar-refractivity contribution in [1.29, 1.82) is 0 Å². The average Bonchev–Trinajstić information content (AvgIpc) is 2.33. The number of likely N-dealkylation sites (N-methyl/N-ethyl adjacent to an activating group) is 1. The molecule has 0 aliphatic rings. The highest BCUT2D eigenvalue weighted by Crippen LogP contribution is 1.97. The third-order valence-electron chi connectivity index (χ3n) is 2.67. The molecule has 0 unspecified atom stereocenters. The van der Waals surface area contributed by atoms with E-state index >= 15 is 0 Å². The molecule has 0 saturated heterocycles. The topological polar surface area (TPSA) is 46.3 Å². The molecular formula is C15H26N2O. The van der Waals surface area contributed by atoms with Gasteiger partial charge in [0.2, 0.25) is 5.91 Å². The van der Waals surface area contributed by atoms with Crippen LogP contribution >= 0.6 is 0 Å². The highest BCUT2D eigenvalue weighted by molar-refractivity contribution is 5.91. The predicted molar refractivity (Wildman–Crippen MR) is 78.3 cm³/mol. The van der Waals surface area contributed by atoms with Gasteiger partial charge in [-0.25, -0.2) is 0 Å². The van der Waals surface area contributed by atoms with Crippen LogP contribution in [0.2, 0.25) is 0 Å². The Hall–Kier alpha value is -1.35. The second-order valence-electron chi connectivity index (χ2n) is 4.42. The molecule has 0 aliphatic heterocycles. The third kappa shape index (κ3) is 9.85. The standard InChI is InChI=1S/C15H26N2O/c1-4-5-6-7-8-9-12-17(3)13-10-11-14(2)15(16)18/h4-5,8-9,11H,6-7,10,12-13H2,1-3H3,(H2,16,18). The number of amides is 1. The molecule has 2 N–H and O–H groups in total. The van der Waals surface area contributed by atoms with E-state index < -0.39 is 0 Å². The number of unbranched alkanes of at least 4 members (excludes halogenated alkanes) is 1. The van der Waals surface area contributed by atoms with Gasteiger partial charge in [0.25, 0.3) is 0 Å². The van der Waals surface area contributed by atoms with Crippen LogP contribution in [0.4, 0.5) is 0 Å². The molecule has 3 heteroatoms. The van der Waals surface area contributed by atoms with Gasteiger partial charge in [-0.1, -0.05) is 30.4 Å². The summed E-state index contributed by atoms with van der Waals surface area (Å²) in [5.41, 5.74) is 5.80. The SMILES string of the molecule is CC=CCCC=CCN(C)CCC=C(C)C(N)=O. The summed E-state index contributed by atoms with van der Waals surface area (Å²) in [6.45, 7) is 5.67. The summed E-state index contributed by atoms with van der Waals surface area (Å²) in [6.07, 6.45) is 13.6. The number of hydrogen-bond donors (Lipinski definition) is 1. The summed E-state index contributed by atoms with van der Waals surface area (Å²) >= 11 is 0. The van der Waals surface area contributed by atoms with E-state index in [1.165, 1.54) is 0 Å². The monoisotopic (exact) mass is 250 g/mol. The number of carbonyl (C=O) groups is 1. The molecule has 0 aliphatic carbocycles. The number of hydrogen-bond acceptors (Lipinski definition) is 2. The number of nitrogens with two attached hydrogens (primary N) is 1. The van der Waals surface area contributed by atoms with Gasteiger partial charge in [-0.2, -0.15) is 0 Å². The first kappa shape index (κ1) is 16.6. The first-order valence-electron chi connectivity index (χ1n) is 6.49. The van der Waals surface area contributed by atoms with E-state index in [1.54, 1.807) is 6.92 Å². The van der Waals surface area contributed by atoms with Crippen molar-refractivity contribution >= 4 is 5.91 Å². The van der Waals surface area contributed by atoms with Gasteiger partial charge in [0.1, 0.15) is 0 Å². The van der Waals surface area contributed by atoms with Gasteiger partial charge in [-0.3, -0.25) is 4.79 Å². The van der Waals surface area contributed by atoms with Gasteiger partial charge < -0.3 is 10.6 Å². The predicted octanol–water partition coefficient (Wildman–Crippen LogP) is 2.65. The van der Waals surface area contributed by atoms with E-state index in [0.29, 0.717) is 5.57 Å². The molecule has 0 aromatic rings. The molecule has 0 spiro atoms. The summed E-state index contributed by atoms with van der Waals surface area (Å²) in [7, 11) is 2.07. The van der Waals surface area contributed by atoms with Crippen molar-refractivity contribution in [2.45, 2.75) is 33.1 Å². The lowest BCUT2D eigenvalue weighted by Crippen LogP contribution is -2.19. The van der Waals surface area contributed by atoms with Crippen molar-refractivity contribution in [2.24, 2.45) is 5.73 Å². The Balaban J connectivity index is 3.68. The normalized spacial score (nSPS) is 13.0. The molecule has 0 atom stereocenters. The summed E-state index contributed by atoms with van der Waals surface area (Å²) < 4.78 is 0. The molecule has 18 heavy (non-hydrogen) atoms. The van der Waals surface area contributed by atoms with E-state index in [0.717, 1.165) is 32.4 Å². The second-order valence-corrected chi connectivity index (χ2v) is 4.42. The minimum absolute atomic E-state index is 0.332. The number of primary amides is 1. The summed E-state index contributed by atoms with van der Waals surface area (Å²) in [5.74, 6) is -0.332. The number of carbonyl (C=O) groups excluding carboxylic acids is 1. The quantitative estimate of drug-likeness (QED) is 0.388. The van der Waals surface area contributed by atoms with Crippen molar-refractivity contribution in [1.82, 2.24) is 4.90 Å². The lowest BCUT2D eigenvalue weighted by atomic mass is 10.2. The van der Waals surface area contributed by atoms with E-state index in [4.69, 9.17) is 5.73 Å². The fraction of sp³-hybridized carbons (Fsp3) is 0.533. The van der Waals surface area contributed by atoms with Crippen LogP contribution in [0.15, 0.2) is 36.0 Å². The summed E-state index contributed by atoms with van der Waals surface area (Å²) in [4.78, 5) is 13.0. The third-order valence-corrected chi connectivity index (χ3v) is 2.67. The fourth-order valence-electron chi connectivity index (χ4n) is 1.42. The first-order chi connectivity index (χ1) is 8.57. The summed E-state index contributed by atoms with van der Waals surface area (Å²) in [5, 5.41) is 0. The Labute approximate surface area is 111 Å². The van der Waals surface area contributed by atoms with Crippen LogP contribution in [0.1, 0.15) is 33.1 Å². The van der Waals surface area contributed by atoms with Gasteiger partial charge in [-0.05, 0) is 40.2 Å². The van der Waals surface area contributed by atoms with Crippen molar-refractivity contribution in [3.8, 4) is 0 Å². The van der Waals surface area contributed by atoms with E-state index in [-0.39, 0.29) is 5.91 Å². The lowest BCUT2D eigenvalue weighted by Gasteiger charge is -2.12. The Kier molecular flexibility index (Phi) is 9.97. The van der Waals surface area contributed by atoms with Crippen molar-refractivity contribution < 1.29 is 4.79 Å². The molecule has 102 valence electrons. The van der Waals surface area contributed by atoms with Gasteiger partial charge in [0.05, 0.1) is 0 Å². The van der Waals surface area contributed by atoms with Crippen molar-refractivity contribution in [2.75, 3.05) is 20.1 Å². The Bertz CT molecular complexity index is 316. The highest BCUT2D eigenvalue weighted by Gasteiger charge is 1.97. The molecule has 0 saturated carbocycles. The molecular weight excluding hydrogens is 224 g/mol. The molecule has 1 amide bonds. The highest BCUT2D eigenvalue weighted by atomic mass is 16.1. The molecule has 0 bridgehead atoms. The molecule has 3 nitrogen and oxygen atoms in total. The zero-order chi connectivity index (χ0) is 13.8. The maximum Gasteiger partial charge on any atom is 0.244 e. The van der Waals surface area contributed by atoms with Crippen LogP contribution in [-0.2, 0) is 4.79 Å². The average molecular weight is 250 g/mol. The van der Waals surface area contributed by atoms with Crippen LogP contribution in [0.5, 0.6) is 0 Å². The van der Waals surface area contributed by atoms with Gasteiger partial charge >= 0.3 is 0 Å². The smallest absolute Gasteiger partial charge is 0.244 e. The summed E-state index contributed by atoms with van der Waals surface area (Å²) in [6, 6.07) is 0. The zero-order valence-corrected chi connectivity index (χ0v) is 11.9. The first-order valence-corrected chi connectivity index (χ1v) is 6.49. The van der Waals surface area contributed by atoms with Crippen LogP contribution in [0.25, 0.3) is 0 Å². The Morgan fingerprint density at radius 2 is 1.83 bits per heavy atom. The lowest BCUT2D eigenvalue weighted by molar-refractivity contribution is -0.114. The molecule has 0 heterocycles. The fourth-order valence-corrected chi connectivity index (χ4v) is 1.42. The van der Waals surface area contributed by atoms with Crippen LogP contribution < -0.4 is 5.73 Å². The van der Waals surface area contributed by atoms with Crippen LogP contribution in [0, 0.1) is 0 Å². The molecule has 0 rings (SSSR count). The second kappa shape index (κ2) is 10.8. The van der Waals surface area contributed by atoms with E-state index in [1.807, 2.05) is 13.0 Å². The van der Waals surface area contributed by atoms with E-state index in [2.05, 4.69) is 36.3 Å². The molecule has 0 aromatic heterocycles. The van der Waals surface area contributed by atoms with Crippen LogP contribution in [-0.4, -0.2) is 30.9 Å². The molecule has 0 fully saturated rings.